The molecular formula is C9H17NO2. The molecule has 0 saturated carbocycles. The second kappa shape index (κ2) is 8.51. The summed E-state index contributed by atoms with van der Waals surface area (Å²) in [5.74, 6) is 0. The van der Waals surface area contributed by atoms with Crippen molar-refractivity contribution < 1.29 is 9.47 Å². The molecule has 0 heterocycles. The van der Waals surface area contributed by atoms with Crippen molar-refractivity contribution in [3.05, 3.63) is 0 Å². The van der Waals surface area contributed by atoms with Gasteiger partial charge in [-0.15, -0.1) is 0 Å². The summed E-state index contributed by atoms with van der Waals surface area (Å²) in [6, 6.07) is 2.10. The molecular weight excluding hydrogens is 154 g/mol. The topological polar surface area (TPSA) is 42.2 Å². The van der Waals surface area contributed by atoms with E-state index in [4.69, 9.17) is 14.7 Å². The molecule has 0 aliphatic heterocycles. The van der Waals surface area contributed by atoms with Crippen LogP contribution in [0, 0.1) is 11.3 Å². The van der Waals surface area contributed by atoms with Gasteiger partial charge in [0.2, 0.25) is 0 Å². The Balaban J connectivity index is 3.42. The molecule has 0 aliphatic carbocycles. The van der Waals surface area contributed by atoms with Crippen molar-refractivity contribution in [2.75, 3.05) is 13.2 Å². The van der Waals surface area contributed by atoms with E-state index in [1.807, 2.05) is 13.8 Å². The smallest absolute Gasteiger partial charge is 0.157 e. The number of rotatable bonds is 7. The lowest BCUT2D eigenvalue weighted by Gasteiger charge is -2.15. The van der Waals surface area contributed by atoms with Gasteiger partial charge in [-0.05, 0) is 26.7 Å². The molecule has 0 N–H and O–H groups in total. The molecule has 0 fully saturated rings. The monoisotopic (exact) mass is 171 g/mol. The molecule has 12 heavy (non-hydrogen) atoms. The van der Waals surface area contributed by atoms with Gasteiger partial charge in [0.05, 0.1) is 6.07 Å². The fourth-order valence-corrected chi connectivity index (χ4v) is 0.934. The van der Waals surface area contributed by atoms with Gasteiger partial charge in [-0.2, -0.15) is 5.26 Å². The molecule has 0 aromatic rings. The van der Waals surface area contributed by atoms with Crippen LogP contribution in [0.1, 0.15) is 33.1 Å². The van der Waals surface area contributed by atoms with E-state index >= 15 is 0 Å². The Labute approximate surface area is 74.3 Å². The first-order chi connectivity index (χ1) is 5.85. The van der Waals surface area contributed by atoms with Gasteiger partial charge in [0.15, 0.2) is 6.29 Å². The van der Waals surface area contributed by atoms with Gasteiger partial charge in [-0.25, -0.2) is 0 Å². The van der Waals surface area contributed by atoms with Crippen molar-refractivity contribution in [2.24, 2.45) is 0 Å². The van der Waals surface area contributed by atoms with Crippen LogP contribution in [-0.4, -0.2) is 19.5 Å². The maximum absolute atomic E-state index is 8.31. The Hall–Kier alpha value is -0.590. The highest BCUT2D eigenvalue weighted by Gasteiger charge is 2.06. The van der Waals surface area contributed by atoms with Gasteiger partial charge in [-0.1, -0.05) is 0 Å². The SMILES string of the molecule is CCOC(CCCC#N)OCC. The van der Waals surface area contributed by atoms with Crippen molar-refractivity contribution in [2.45, 2.75) is 39.4 Å². The molecule has 0 unspecified atom stereocenters. The predicted octanol–water partition coefficient (Wildman–Crippen LogP) is 2.08. The summed E-state index contributed by atoms with van der Waals surface area (Å²) in [6.45, 7) is 5.21. The maximum atomic E-state index is 8.31. The van der Waals surface area contributed by atoms with Gasteiger partial charge < -0.3 is 9.47 Å². The average Bonchev–Trinajstić information content (AvgIpc) is 2.06. The fourth-order valence-electron chi connectivity index (χ4n) is 0.934. The van der Waals surface area contributed by atoms with E-state index in [0.29, 0.717) is 19.6 Å². The Kier molecular flexibility index (Phi) is 8.09. The lowest BCUT2D eigenvalue weighted by molar-refractivity contribution is -0.139. The lowest BCUT2D eigenvalue weighted by Crippen LogP contribution is -2.16. The van der Waals surface area contributed by atoms with E-state index in [1.54, 1.807) is 0 Å². The van der Waals surface area contributed by atoms with E-state index in [0.717, 1.165) is 12.8 Å². The third-order valence-corrected chi connectivity index (χ3v) is 1.43. The molecule has 0 rings (SSSR count). The van der Waals surface area contributed by atoms with Crippen LogP contribution in [0.5, 0.6) is 0 Å². The van der Waals surface area contributed by atoms with E-state index in [1.165, 1.54) is 0 Å². The molecule has 0 bridgehead atoms. The van der Waals surface area contributed by atoms with Crippen LogP contribution in [0.2, 0.25) is 0 Å². The van der Waals surface area contributed by atoms with E-state index in [2.05, 4.69) is 6.07 Å². The van der Waals surface area contributed by atoms with E-state index in [9.17, 15) is 0 Å². The number of unbranched alkanes of at least 4 members (excludes halogenated alkanes) is 1. The molecule has 0 aliphatic rings. The van der Waals surface area contributed by atoms with Gasteiger partial charge in [0.25, 0.3) is 0 Å². The number of hydrogen-bond acceptors (Lipinski definition) is 3. The van der Waals surface area contributed by atoms with Crippen LogP contribution in [0.15, 0.2) is 0 Å². The third-order valence-electron chi connectivity index (χ3n) is 1.43. The number of ether oxygens (including phenoxy) is 2. The predicted molar refractivity (Wildman–Crippen MR) is 46.5 cm³/mol. The van der Waals surface area contributed by atoms with Crippen molar-refractivity contribution in [3.63, 3.8) is 0 Å². The van der Waals surface area contributed by atoms with Gasteiger partial charge >= 0.3 is 0 Å². The Bertz CT molecular complexity index is 125. The molecule has 3 nitrogen and oxygen atoms in total. The zero-order chi connectivity index (χ0) is 9.23. The second-order valence-electron chi connectivity index (χ2n) is 2.39. The molecule has 0 amide bonds. The van der Waals surface area contributed by atoms with Crippen molar-refractivity contribution in [1.82, 2.24) is 0 Å². The molecule has 70 valence electrons. The first-order valence-electron chi connectivity index (χ1n) is 4.45. The summed E-state index contributed by atoms with van der Waals surface area (Å²) < 4.78 is 10.6. The summed E-state index contributed by atoms with van der Waals surface area (Å²) in [5.41, 5.74) is 0. The normalized spacial score (nSPS) is 10.2. The van der Waals surface area contributed by atoms with Crippen LogP contribution in [0.3, 0.4) is 0 Å². The minimum Gasteiger partial charge on any atom is -0.353 e. The van der Waals surface area contributed by atoms with Crippen LogP contribution >= 0.6 is 0 Å². The van der Waals surface area contributed by atoms with Crippen LogP contribution in [-0.2, 0) is 9.47 Å². The zero-order valence-electron chi connectivity index (χ0n) is 7.88. The van der Waals surface area contributed by atoms with Crippen LogP contribution in [0.25, 0.3) is 0 Å². The Morgan fingerprint density at radius 1 is 1.25 bits per heavy atom. The molecule has 0 spiro atoms. The average molecular weight is 171 g/mol. The highest BCUT2D eigenvalue weighted by Crippen LogP contribution is 2.05. The first-order valence-corrected chi connectivity index (χ1v) is 4.45. The maximum Gasteiger partial charge on any atom is 0.157 e. The first kappa shape index (κ1) is 11.4. The second-order valence-corrected chi connectivity index (χ2v) is 2.39. The largest absolute Gasteiger partial charge is 0.353 e. The third kappa shape index (κ3) is 6.14. The van der Waals surface area contributed by atoms with Crippen molar-refractivity contribution in [3.8, 4) is 6.07 Å². The lowest BCUT2D eigenvalue weighted by atomic mass is 10.2. The molecule has 0 atom stereocenters. The van der Waals surface area contributed by atoms with Gasteiger partial charge in [-0.3, -0.25) is 0 Å². The highest BCUT2D eigenvalue weighted by atomic mass is 16.7. The Morgan fingerprint density at radius 2 is 1.83 bits per heavy atom. The number of nitrogens with zero attached hydrogens (tertiary/aromatic N) is 1. The summed E-state index contributed by atoms with van der Waals surface area (Å²) in [5, 5.41) is 8.31. The summed E-state index contributed by atoms with van der Waals surface area (Å²) in [7, 11) is 0. The number of hydrogen-bond donors (Lipinski definition) is 0. The standard InChI is InChI=1S/C9H17NO2/c1-3-11-9(12-4-2)7-5-6-8-10/h9H,3-7H2,1-2H3. The van der Waals surface area contributed by atoms with Gasteiger partial charge in [0, 0.05) is 19.6 Å². The minimum absolute atomic E-state index is 0.117. The van der Waals surface area contributed by atoms with Gasteiger partial charge in [0.1, 0.15) is 0 Å². The zero-order valence-corrected chi connectivity index (χ0v) is 7.88. The van der Waals surface area contributed by atoms with Crippen molar-refractivity contribution in [1.29, 1.82) is 5.26 Å². The highest BCUT2D eigenvalue weighted by molar-refractivity contribution is 4.68. The quantitative estimate of drug-likeness (QED) is 0.435. The van der Waals surface area contributed by atoms with E-state index < -0.39 is 0 Å². The summed E-state index contributed by atoms with van der Waals surface area (Å²) >= 11 is 0. The summed E-state index contributed by atoms with van der Waals surface area (Å²) in [6.07, 6.45) is 2.13. The van der Waals surface area contributed by atoms with E-state index in [-0.39, 0.29) is 6.29 Å². The van der Waals surface area contributed by atoms with Crippen LogP contribution < -0.4 is 0 Å². The molecule has 0 saturated heterocycles. The molecule has 0 aromatic carbocycles. The molecule has 0 radical (unpaired) electrons. The Morgan fingerprint density at radius 3 is 2.25 bits per heavy atom. The molecule has 3 heteroatoms. The minimum atomic E-state index is -0.117. The fraction of sp³-hybridized carbons (Fsp3) is 0.889. The van der Waals surface area contributed by atoms with Crippen LogP contribution in [0.4, 0.5) is 0 Å². The van der Waals surface area contributed by atoms with Crippen molar-refractivity contribution >= 4 is 0 Å². The molecule has 0 aromatic heterocycles. The number of nitriles is 1. The summed E-state index contributed by atoms with van der Waals surface area (Å²) in [4.78, 5) is 0.